The smallest absolute Gasteiger partial charge is 0.189 e. The van der Waals surface area contributed by atoms with E-state index in [9.17, 15) is 0 Å². The summed E-state index contributed by atoms with van der Waals surface area (Å²) in [6, 6.07) is 8.32. The van der Waals surface area contributed by atoms with Gasteiger partial charge in [0.15, 0.2) is 10.2 Å². The molecule has 1 aliphatic rings. The number of hydrogen-bond donors (Lipinski definition) is 4. The van der Waals surface area contributed by atoms with Crippen LogP contribution in [0.3, 0.4) is 0 Å². The van der Waals surface area contributed by atoms with Crippen molar-refractivity contribution in [2.45, 2.75) is 32.2 Å². The Kier molecular flexibility index (Phi) is 5.95. The first kappa shape index (κ1) is 15.7. The second kappa shape index (κ2) is 7.95. The van der Waals surface area contributed by atoms with Crippen LogP contribution < -0.4 is 21.5 Å². The van der Waals surface area contributed by atoms with E-state index in [4.69, 9.17) is 24.4 Å². The third kappa shape index (κ3) is 5.69. The molecule has 0 unspecified atom stereocenters. The second-order valence-electron chi connectivity index (χ2n) is 5.01. The van der Waals surface area contributed by atoms with E-state index in [1.807, 2.05) is 31.2 Å². The van der Waals surface area contributed by atoms with Gasteiger partial charge < -0.3 is 10.6 Å². The van der Waals surface area contributed by atoms with Crippen molar-refractivity contribution < 1.29 is 0 Å². The summed E-state index contributed by atoms with van der Waals surface area (Å²) < 4.78 is 0. The van der Waals surface area contributed by atoms with Crippen molar-refractivity contribution in [1.82, 2.24) is 16.2 Å². The molecule has 0 saturated heterocycles. The zero-order valence-corrected chi connectivity index (χ0v) is 13.6. The molecule has 21 heavy (non-hydrogen) atoms. The first-order valence-electron chi connectivity index (χ1n) is 7.00. The van der Waals surface area contributed by atoms with Gasteiger partial charge in [-0.3, -0.25) is 10.9 Å². The van der Waals surface area contributed by atoms with E-state index in [-0.39, 0.29) is 0 Å². The van der Waals surface area contributed by atoms with Gasteiger partial charge in [0.05, 0.1) is 0 Å². The second-order valence-corrected chi connectivity index (χ2v) is 5.83. The quantitative estimate of drug-likeness (QED) is 0.382. The van der Waals surface area contributed by atoms with E-state index in [2.05, 4.69) is 33.6 Å². The molecule has 0 bridgehead atoms. The van der Waals surface area contributed by atoms with E-state index < -0.39 is 0 Å². The lowest BCUT2D eigenvalue weighted by atomic mass is 10.0. The fraction of sp³-hybridized carbons (Fsp3) is 0.333. The van der Waals surface area contributed by atoms with E-state index in [1.165, 1.54) is 12.0 Å². The van der Waals surface area contributed by atoms with Crippen LogP contribution in [0.15, 0.2) is 36.4 Å². The van der Waals surface area contributed by atoms with Gasteiger partial charge in [0, 0.05) is 11.7 Å². The molecule has 0 saturated carbocycles. The van der Waals surface area contributed by atoms with Crippen LogP contribution in [-0.2, 0) is 0 Å². The highest BCUT2D eigenvalue weighted by molar-refractivity contribution is 7.80. The molecule has 0 radical (unpaired) electrons. The maximum Gasteiger partial charge on any atom is 0.189 e. The molecule has 1 aromatic carbocycles. The Morgan fingerprint density at radius 1 is 1.10 bits per heavy atom. The van der Waals surface area contributed by atoms with Crippen molar-refractivity contribution in [3.05, 3.63) is 42.0 Å². The fourth-order valence-electron chi connectivity index (χ4n) is 2.05. The largest absolute Gasteiger partial charge is 0.355 e. The van der Waals surface area contributed by atoms with E-state index in [1.54, 1.807) is 0 Å². The average molecular weight is 320 g/mol. The fourth-order valence-corrected chi connectivity index (χ4v) is 2.42. The minimum atomic E-state index is 0.305. The highest BCUT2D eigenvalue weighted by Gasteiger charge is 2.09. The number of hydrazine groups is 1. The van der Waals surface area contributed by atoms with Gasteiger partial charge in [0.2, 0.25) is 0 Å². The van der Waals surface area contributed by atoms with Crippen LogP contribution in [0.2, 0.25) is 0 Å². The zero-order valence-electron chi connectivity index (χ0n) is 12.0. The molecule has 0 fully saturated rings. The maximum absolute atomic E-state index is 5.23. The normalized spacial score (nSPS) is 16.9. The van der Waals surface area contributed by atoms with Crippen molar-refractivity contribution in [3.63, 3.8) is 0 Å². The number of thiocarbonyl (C=S) groups is 2. The number of benzene rings is 1. The van der Waals surface area contributed by atoms with Crippen molar-refractivity contribution in [1.29, 1.82) is 0 Å². The van der Waals surface area contributed by atoms with Crippen molar-refractivity contribution >= 4 is 40.3 Å². The first-order valence-corrected chi connectivity index (χ1v) is 7.82. The van der Waals surface area contributed by atoms with Gasteiger partial charge in [-0.1, -0.05) is 29.8 Å². The Morgan fingerprint density at radius 2 is 1.81 bits per heavy atom. The molecule has 1 aliphatic carbocycles. The molecule has 0 aromatic heterocycles. The van der Waals surface area contributed by atoms with Gasteiger partial charge in [-0.2, -0.15) is 0 Å². The number of rotatable bonds is 2. The number of allylic oxidation sites excluding steroid dienone is 1. The van der Waals surface area contributed by atoms with Gasteiger partial charge in [-0.05, 0) is 62.8 Å². The Labute approximate surface area is 136 Å². The first-order chi connectivity index (χ1) is 10.1. The molecule has 0 heterocycles. The summed E-state index contributed by atoms with van der Waals surface area (Å²) in [5.74, 6) is 0. The summed E-state index contributed by atoms with van der Waals surface area (Å²) >= 11 is 10.4. The summed E-state index contributed by atoms with van der Waals surface area (Å²) in [5.41, 5.74) is 7.92. The van der Waals surface area contributed by atoms with Gasteiger partial charge in [0.1, 0.15) is 0 Å². The zero-order chi connectivity index (χ0) is 15.1. The monoisotopic (exact) mass is 320 g/mol. The van der Waals surface area contributed by atoms with Crippen LogP contribution >= 0.6 is 24.4 Å². The molecule has 2 rings (SSSR count). The molecule has 1 aromatic rings. The Bertz CT molecular complexity index is 525. The highest BCUT2D eigenvalue weighted by Crippen LogP contribution is 2.10. The predicted octanol–water partition coefficient (Wildman–Crippen LogP) is 2.77. The van der Waals surface area contributed by atoms with Crippen LogP contribution in [0.5, 0.6) is 0 Å². The number of anilines is 1. The summed E-state index contributed by atoms with van der Waals surface area (Å²) in [4.78, 5) is 0. The third-order valence-electron chi connectivity index (χ3n) is 3.17. The number of nitrogens with one attached hydrogen (secondary N) is 4. The highest BCUT2D eigenvalue weighted by atomic mass is 32.1. The molecule has 1 atom stereocenters. The lowest BCUT2D eigenvalue weighted by molar-refractivity contribution is 0.593. The molecule has 112 valence electrons. The topological polar surface area (TPSA) is 48.1 Å². The predicted molar refractivity (Wildman–Crippen MR) is 96.2 cm³/mol. The van der Waals surface area contributed by atoms with Crippen molar-refractivity contribution in [2.24, 2.45) is 0 Å². The Hall–Kier alpha value is -1.66. The molecule has 4 nitrogen and oxygen atoms in total. The minimum absolute atomic E-state index is 0.305. The Balaban J connectivity index is 1.70. The summed E-state index contributed by atoms with van der Waals surface area (Å²) in [7, 11) is 0. The lowest BCUT2D eigenvalue weighted by Crippen LogP contribution is -2.50. The molecule has 0 aliphatic heterocycles. The van der Waals surface area contributed by atoms with Crippen LogP contribution in [0.4, 0.5) is 5.69 Å². The molecule has 0 spiro atoms. The van der Waals surface area contributed by atoms with Crippen molar-refractivity contribution in [3.8, 4) is 0 Å². The van der Waals surface area contributed by atoms with E-state index in [0.717, 1.165) is 18.5 Å². The van der Waals surface area contributed by atoms with Crippen LogP contribution in [0.25, 0.3) is 0 Å². The summed E-state index contributed by atoms with van der Waals surface area (Å²) in [6.07, 6.45) is 7.78. The Morgan fingerprint density at radius 3 is 2.48 bits per heavy atom. The van der Waals surface area contributed by atoms with Gasteiger partial charge in [-0.25, -0.2) is 0 Å². The molecule has 0 amide bonds. The minimum Gasteiger partial charge on any atom is -0.355 e. The maximum atomic E-state index is 5.23. The molecular weight excluding hydrogens is 300 g/mol. The third-order valence-corrected chi connectivity index (χ3v) is 3.59. The van der Waals surface area contributed by atoms with Crippen LogP contribution in [-0.4, -0.2) is 16.3 Å². The van der Waals surface area contributed by atoms with Gasteiger partial charge in [-0.15, -0.1) is 0 Å². The van der Waals surface area contributed by atoms with Crippen LogP contribution in [0.1, 0.15) is 24.8 Å². The van der Waals surface area contributed by atoms with Gasteiger partial charge in [0.25, 0.3) is 0 Å². The molecular formula is C15H20N4S2. The molecule has 6 heteroatoms. The summed E-state index contributed by atoms with van der Waals surface area (Å²) in [6.45, 7) is 2.05. The molecule has 4 N–H and O–H groups in total. The SMILES string of the molecule is Cc1ccc(NC(=S)NNC(=S)N[C@H]2C=CCCC2)cc1. The van der Waals surface area contributed by atoms with E-state index >= 15 is 0 Å². The summed E-state index contributed by atoms with van der Waals surface area (Å²) in [5, 5.41) is 7.33. The number of hydrogen-bond acceptors (Lipinski definition) is 2. The lowest BCUT2D eigenvalue weighted by Gasteiger charge is -2.21. The number of aryl methyl sites for hydroxylation is 1. The van der Waals surface area contributed by atoms with Crippen LogP contribution in [0, 0.1) is 6.92 Å². The van der Waals surface area contributed by atoms with E-state index in [0.29, 0.717) is 16.3 Å². The van der Waals surface area contributed by atoms with Gasteiger partial charge >= 0.3 is 0 Å². The average Bonchev–Trinajstić information content (AvgIpc) is 2.49. The van der Waals surface area contributed by atoms with Crippen molar-refractivity contribution in [2.75, 3.05) is 5.32 Å². The standard InChI is InChI=1S/C15H20N4S2/c1-11-7-9-13(10-8-11)17-15(21)19-18-14(20)16-12-5-3-2-4-6-12/h3,5,7-10,12H,2,4,6H2,1H3,(H2,16,18,20)(H2,17,19,21)/t12-/m0/s1.